The quantitative estimate of drug-likeness (QED) is 0.634. The molecule has 1 aliphatic heterocycles. The number of quaternary nitrogens is 1. The number of ether oxygens (including phenoxy) is 3. The van der Waals surface area contributed by atoms with E-state index in [9.17, 15) is 14.7 Å². The lowest BCUT2D eigenvalue weighted by atomic mass is 10.2. The largest absolute Gasteiger partial charge is 0.527 e. The standard InChI is InChI=1S/C15H27NO6/c1-7-20-11(3)21-12-8-10(2)16(9-12,13(17)18)14(19)22-15(4,5)6/h10-12H,7-9H2,1-6H3/p+1/t10?,11?,12-,16?/m1/s1. The number of imide groups is 1. The van der Waals surface area contributed by atoms with Crippen LogP contribution < -0.4 is 0 Å². The number of hydrogen-bond donors (Lipinski definition) is 1. The smallest absolute Gasteiger partial charge is 0.435 e. The van der Waals surface area contributed by atoms with Gasteiger partial charge in [0.15, 0.2) is 6.29 Å². The van der Waals surface area contributed by atoms with E-state index in [1.54, 1.807) is 34.6 Å². The van der Waals surface area contributed by atoms with Crippen molar-refractivity contribution in [2.24, 2.45) is 0 Å². The van der Waals surface area contributed by atoms with Crippen molar-refractivity contribution >= 4 is 12.2 Å². The number of nitrogens with zero attached hydrogens (tertiary/aromatic N) is 1. The minimum absolute atomic E-state index is 0.0445. The number of hydrogen-bond acceptors (Lipinski definition) is 5. The summed E-state index contributed by atoms with van der Waals surface area (Å²) in [5, 5.41) is 9.64. The van der Waals surface area contributed by atoms with Gasteiger partial charge in [-0.3, -0.25) is 0 Å². The molecule has 2 amide bonds. The van der Waals surface area contributed by atoms with Crippen LogP contribution in [0.2, 0.25) is 0 Å². The summed E-state index contributed by atoms with van der Waals surface area (Å²) in [7, 11) is 0. The first kappa shape index (κ1) is 18.9. The van der Waals surface area contributed by atoms with E-state index in [1.165, 1.54) is 0 Å². The fourth-order valence-electron chi connectivity index (χ4n) is 2.72. The van der Waals surface area contributed by atoms with Crippen LogP contribution in [0, 0.1) is 0 Å². The molecule has 1 heterocycles. The van der Waals surface area contributed by atoms with E-state index in [-0.39, 0.29) is 12.6 Å². The van der Waals surface area contributed by atoms with Gasteiger partial charge in [0.1, 0.15) is 24.3 Å². The van der Waals surface area contributed by atoms with Gasteiger partial charge in [0.05, 0.1) is 0 Å². The maximum absolute atomic E-state index is 12.5. The fourth-order valence-corrected chi connectivity index (χ4v) is 2.72. The third-order valence-electron chi connectivity index (χ3n) is 3.69. The number of likely N-dealkylation sites (tertiary alicyclic amines) is 1. The lowest BCUT2D eigenvalue weighted by Crippen LogP contribution is -2.60. The molecular formula is C15H28NO6+. The summed E-state index contributed by atoms with van der Waals surface area (Å²) in [5.74, 6) is 0. The van der Waals surface area contributed by atoms with Gasteiger partial charge in [0.2, 0.25) is 0 Å². The highest BCUT2D eigenvalue weighted by Gasteiger charge is 2.59. The van der Waals surface area contributed by atoms with Crippen molar-refractivity contribution in [1.82, 2.24) is 0 Å². The summed E-state index contributed by atoms with van der Waals surface area (Å²) in [4.78, 5) is 24.3. The van der Waals surface area contributed by atoms with Crippen LogP contribution in [0.5, 0.6) is 0 Å². The molecular weight excluding hydrogens is 290 g/mol. The van der Waals surface area contributed by atoms with E-state index in [4.69, 9.17) is 14.2 Å². The Balaban J connectivity index is 2.91. The molecule has 0 aromatic rings. The average molecular weight is 318 g/mol. The Hall–Kier alpha value is -1.18. The number of carboxylic acid groups (broad SMARTS) is 1. The van der Waals surface area contributed by atoms with Gasteiger partial charge in [-0.15, -0.1) is 4.48 Å². The lowest BCUT2D eigenvalue weighted by Gasteiger charge is -2.31. The maximum Gasteiger partial charge on any atom is 0.527 e. The molecule has 7 heteroatoms. The van der Waals surface area contributed by atoms with Crippen molar-refractivity contribution in [3.63, 3.8) is 0 Å². The highest BCUT2D eigenvalue weighted by Crippen LogP contribution is 2.32. The summed E-state index contributed by atoms with van der Waals surface area (Å²) >= 11 is 0. The SMILES string of the molecule is CCOC(C)O[C@@H]1CC(C)[N+](C(=O)O)(C(=O)OC(C)(C)C)C1. The molecule has 0 bridgehead atoms. The molecule has 0 radical (unpaired) electrons. The molecule has 22 heavy (non-hydrogen) atoms. The molecule has 0 spiro atoms. The van der Waals surface area contributed by atoms with Crippen LogP contribution in [0.15, 0.2) is 0 Å². The Morgan fingerprint density at radius 3 is 2.41 bits per heavy atom. The molecule has 0 aromatic carbocycles. The third kappa shape index (κ3) is 4.18. The van der Waals surface area contributed by atoms with Crippen LogP contribution in [-0.2, 0) is 14.2 Å². The number of rotatable bonds is 4. The van der Waals surface area contributed by atoms with Crippen LogP contribution in [0.1, 0.15) is 48.0 Å². The average Bonchev–Trinajstić information content (AvgIpc) is 2.64. The summed E-state index contributed by atoms with van der Waals surface area (Å²) in [6.45, 7) is 11.0. The van der Waals surface area contributed by atoms with Gasteiger partial charge in [0, 0.05) is 13.0 Å². The van der Waals surface area contributed by atoms with Crippen molar-refractivity contribution in [3.8, 4) is 0 Å². The molecule has 3 unspecified atom stereocenters. The molecule has 7 nitrogen and oxygen atoms in total. The zero-order chi connectivity index (χ0) is 17.1. The Bertz CT molecular complexity index is 419. The monoisotopic (exact) mass is 318 g/mol. The zero-order valence-corrected chi connectivity index (χ0v) is 14.3. The van der Waals surface area contributed by atoms with Crippen LogP contribution in [0.3, 0.4) is 0 Å². The topological polar surface area (TPSA) is 82.1 Å². The molecule has 4 atom stereocenters. The van der Waals surface area contributed by atoms with Crippen molar-refractivity contribution in [2.45, 2.75) is 72.0 Å². The van der Waals surface area contributed by atoms with E-state index in [2.05, 4.69) is 0 Å². The van der Waals surface area contributed by atoms with Gasteiger partial charge in [-0.25, -0.2) is 0 Å². The third-order valence-corrected chi connectivity index (χ3v) is 3.69. The summed E-state index contributed by atoms with van der Waals surface area (Å²) in [6.07, 6.45) is -2.29. The normalized spacial score (nSPS) is 30.1. The van der Waals surface area contributed by atoms with Crippen LogP contribution in [0.4, 0.5) is 9.59 Å². The number of amides is 2. The molecule has 0 saturated carbocycles. The van der Waals surface area contributed by atoms with Crippen LogP contribution in [0.25, 0.3) is 0 Å². The highest BCUT2D eigenvalue weighted by molar-refractivity contribution is 5.76. The second-order valence-electron chi connectivity index (χ2n) is 6.68. The predicted octanol–water partition coefficient (Wildman–Crippen LogP) is 2.98. The highest BCUT2D eigenvalue weighted by atomic mass is 16.7. The van der Waals surface area contributed by atoms with Gasteiger partial charge >= 0.3 is 12.2 Å². The zero-order valence-electron chi connectivity index (χ0n) is 14.3. The second kappa shape index (κ2) is 6.93. The summed E-state index contributed by atoms with van der Waals surface area (Å²) in [6, 6.07) is -0.425. The minimum atomic E-state index is -1.21. The molecule has 0 aromatic heterocycles. The maximum atomic E-state index is 12.5. The van der Waals surface area contributed by atoms with Crippen molar-refractivity contribution in [2.75, 3.05) is 13.2 Å². The molecule has 0 aliphatic carbocycles. The lowest BCUT2D eigenvalue weighted by molar-refractivity contribution is -0.798. The molecule has 1 fully saturated rings. The first-order valence-corrected chi connectivity index (χ1v) is 7.64. The molecule has 1 saturated heterocycles. The molecule has 1 rings (SSSR count). The van der Waals surface area contributed by atoms with Gasteiger partial charge < -0.3 is 19.3 Å². The van der Waals surface area contributed by atoms with Gasteiger partial charge in [0.25, 0.3) is 0 Å². The van der Waals surface area contributed by atoms with Crippen molar-refractivity contribution in [1.29, 1.82) is 0 Å². The van der Waals surface area contributed by atoms with Crippen molar-refractivity contribution < 1.29 is 33.4 Å². The number of carbonyl (C=O) groups is 2. The summed E-state index contributed by atoms with van der Waals surface area (Å²) in [5.41, 5.74) is -0.741. The molecule has 128 valence electrons. The van der Waals surface area contributed by atoms with Crippen molar-refractivity contribution in [3.05, 3.63) is 0 Å². The Kier molecular flexibility index (Phi) is 5.95. The minimum Gasteiger partial charge on any atom is -0.435 e. The van der Waals surface area contributed by atoms with Gasteiger partial charge in [-0.05, 0) is 41.5 Å². The molecule has 1 aliphatic rings. The first-order valence-electron chi connectivity index (χ1n) is 7.64. The van der Waals surface area contributed by atoms with Gasteiger partial charge in [-0.2, -0.15) is 9.59 Å². The van der Waals surface area contributed by atoms with E-state index in [1.807, 2.05) is 6.92 Å². The fraction of sp³-hybridized carbons (Fsp3) is 0.867. The second-order valence-corrected chi connectivity index (χ2v) is 6.68. The van der Waals surface area contributed by atoms with E-state index in [0.29, 0.717) is 13.0 Å². The van der Waals surface area contributed by atoms with E-state index < -0.39 is 34.6 Å². The summed E-state index contributed by atoms with van der Waals surface area (Å²) < 4.78 is 15.6. The van der Waals surface area contributed by atoms with Crippen LogP contribution >= 0.6 is 0 Å². The van der Waals surface area contributed by atoms with E-state index in [0.717, 1.165) is 0 Å². The number of carbonyl (C=O) groups excluding carboxylic acids is 1. The Morgan fingerprint density at radius 1 is 1.36 bits per heavy atom. The first-order chi connectivity index (χ1) is 10.0. The Labute approximate surface area is 131 Å². The van der Waals surface area contributed by atoms with Gasteiger partial charge in [-0.1, -0.05) is 0 Å². The predicted molar refractivity (Wildman–Crippen MR) is 79.4 cm³/mol. The molecule has 1 N–H and O–H groups in total. The van der Waals surface area contributed by atoms with Crippen LogP contribution in [-0.4, -0.2) is 59.0 Å². The van der Waals surface area contributed by atoms with E-state index >= 15 is 0 Å². The Morgan fingerprint density at radius 2 is 1.95 bits per heavy atom.